The molecule has 0 radical (unpaired) electrons. The van der Waals surface area contributed by atoms with Crippen LogP contribution in [0.5, 0.6) is 0 Å². The second kappa shape index (κ2) is 7.69. The molecule has 1 N–H and O–H groups in total. The van der Waals surface area contributed by atoms with Crippen molar-refractivity contribution in [2.75, 3.05) is 11.0 Å². The molecule has 0 aliphatic carbocycles. The summed E-state index contributed by atoms with van der Waals surface area (Å²) in [4.78, 5) is 11.7. The summed E-state index contributed by atoms with van der Waals surface area (Å²) in [5.74, 6) is 0.132. The number of halogens is 1. The van der Waals surface area contributed by atoms with Crippen LogP contribution in [0.3, 0.4) is 0 Å². The number of benzene rings is 1. The van der Waals surface area contributed by atoms with Crippen LogP contribution in [0, 0.1) is 13.8 Å². The molecule has 0 saturated heterocycles. The van der Waals surface area contributed by atoms with E-state index in [9.17, 15) is 4.79 Å². The Kier molecular flexibility index (Phi) is 6.55. The fourth-order valence-electron chi connectivity index (χ4n) is 1.67. The average Bonchev–Trinajstić information content (AvgIpc) is 2.29. The summed E-state index contributed by atoms with van der Waals surface area (Å²) in [5.41, 5.74) is 3.54. The number of amides is 1. The molecule has 1 rings (SSSR count). The zero-order valence-electron chi connectivity index (χ0n) is 10.6. The molecule has 0 saturated carbocycles. The van der Waals surface area contributed by atoms with Gasteiger partial charge in [0.1, 0.15) is 0 Å². The molecule has 94 valence electrons. The van der Waals surface area contributed by atoms with Gasteiger partial charge in [-0.1, -0.05) is 46.4 Å². The van der Waals surface area contributed by atoms with Gasteiger partial charge in [-0.15, -0.1) is 0 Å². The van der Waals surface area contributed by atoms with Gasteiger partial charge in [-0.05, 0) is 42.2 Å². The van der Waals surface area contributed by atoms with Crippen LogP contribution in [0.1, 0.15) is 29.5 Å². The summed E-state index contributed by atoms with van der Waals surface area (Å²) < 4.78 is 1.16. The van der Waals surface area contributed by atoms with E-state index in [4.69, 9.17) is 0 Å². The number of rotatable bonds is 6. The Bertz CT molecular complexity index is 376. The minimum Gasteiger partial charge on any atom is -0.356 e. The average molecular weight is 345 g/mol. The largest absolute Gasteiger partial charge is 0.356 e. The lowest BCUT2D eigenvalue weighted by atomic mass is 10.0. The van der Waals surface area contributed by atoms with Crippen molar-refractivity contribution in [3.63, 3.8) is 0 Å². The van der Waals surface area contributed by atoms with Crippen LogP contribution < -0.4 is 5.32 Å². The third-order valence-corrected chi connectivity index (χ3v) is 3.50. The highest BCUT2D eigenvalue weighted by molar-refractivity contribution is 14.1. The van der Waals surface area contributed by atoms with E-state index in [-0.39, 0.29) is 5.91 Å². The van der Waals surface area contributed by atoms with Crippen molar-refractivity contribution in [3.8, 4) is 0 Å². The Hall–Kier alpha value is -0.580. The summed E-state index contributed by atoms with van der Waals surface area (Å²) >= 11 is 2.36. The van der Waals surface area contributed by atoms with Gasteiger partial charge in [-0.2, -0.15) is 0 Å². The molecule has 1 aromatic rings. The number of alkyl halides is 1. The van der Waals surface area contributed by atoms with E-state index in [1.54, 1.807) is 0 Å². The number of hydrogen-bond acceptors (Lipinski definition) is 1. The number of aryl methyl sites for hydroxylation is 2. The first-order chi connectivity index (χ1) is 8.13. The zero-order chi connectivity index (χ0) is 12.7. The topological polar surface area (TPSA) is 29.1 Å². The molecule has 0 aromatic heterocycles. The maximum atomic E-state index is 11.7. The molecule has 0 aliphatic rings. The van der Waals surface area contributed by atoms with Crippen molar-refractivity contribution < 1.29 is 4.79 Å². The molecule has 0 fully saturated rings. The molecular formula is C14H20INO. The van der Waals surface area contributed by atoms with Crippen molar-refractivity contribution in [3.05, 3.63) is 34.9 Å². The molecule has 17 heavy (non-hydrogen) atoms. The van der Waals surface area contributed by atoms with E-state index >= 15 is 0 Å². The number of carbonyl (C=O) groups is 1. The van der Waals surface area contributed by atoms with Crippen LogP contribution in [0.25, 0.3) is 0 Å². The fraction of sp³-hybridized carbons (Fsp3) is 0.500. The highest BCUT2D eigenvalue weighted by Gasteiger charge is 2.05. The van der Waals surface area contributed by atoms with Gasteiger partial charge in [-0.3, -0.25) is 4.79 Å². The monoisotopic (exact) mass is 345 g/mol. The molecule has 2 nitrogen and oxygen atoms in total. The van der Waals surface area contributed by atoms with E-state index in [2.05, 4.69) is 60.0 Å². The van der Waals surface area contributed by atoms with Gasteiger partial charge < -0.3 is 5.32 Å². The van der Waals surface area contributed by atoms with E-state index < -0.39 is 0 Å². The SMILES string of the molecule is Cc1ccc(C)c(CC(=O)NCCCCI)c1. The third-order valence-electron chi connectivity index (χ3n) is 2.74. The van der Waals surface area contributed by atoms with Crippen LogP contribution in [-0.2, 0) is 11.2 Å². The first-order valence-electron chi connectivity index (χ1n) is 6.02. The van der Waals surface area contributed by atoms with Gasteiger partial charge in [0, 0.05) is 6.54 Å². The minimum absolute atomic E-state index is 0.132. The maximum Gasteiger partial charge on any atom is 0.224 e. The number of unbranched alkanes of at least 4 members (excludes halogenated alkanes) is 1. The van der Waals surface area contributed by atoms with Crippen LogP contribution in [0.15, 0.2) is 18.2 Å². The van der Waals surface area contributed by atoms with Gasteiger partial charge >= 0.3 is 0 Å². The fourth-order valence-corrected chi connectivity index (χ4v) is 2.21. The molecular weight excluding hydrogens is 325 g/mol. The van der Waals surface area contributed by atoms with Gasteiger partial charge in [0.2, 0.25) is 5.91 Å². The van der Waals surface area contributed by atoms with Crippen LogP contribution in [0.2, 0.25) is 0 Å². The lowest BCUT2D eigenvalue weighted by Gasteiger charge is -2.08. The lowest BCUT2D eigenvalue weighted by Crippen LogP contribution is -2.26. The van der Waals surface area contributed by atoms with E-state index in [1.807, 2.05) is 0 Å². The Morgan fingerprint density at radius 2 is 2.06 bits per heavy atom. The van der Waals surface area contributed by atoms with Gasteiger partial charge in [0.15, 0.2) is 0 Å². The molecule has 0 atom stereocenters. The quantitative estimate of drug-likeness (QED) is 0.479. The van der Waals surface area contributed by atoms with Crippen molar-refractivity contribution in [2.24, 2.45) is 0 Å². The Labute approximate surface area is 117 Å². The summed E-state index contributed by atoms with van der Waals surface area (Å²) in [7, 11) is 0. The summed E-state index contributed by atoms with van der Waals surface area (Å²) in [6.45, 7) is 4.91. The normalized spacial score (nSPS) is 10.3. The Morgan fingerprint density at radius 3 is 2.76 bits per heavy atom. The predicted molar refractivity (Wildman–Crippen MR) is 80.8 cm³/mol. The number of nitrogens with one attached hydrogen (secondary N) is 1. The molecule has 0 unspecified atom stereocenters. The first-order valence-corrected chi connectivity index (χ1v) is 7.55. The lowest BCUT2D eigenvalue weighted by molar-refractivity contribution is -0.120. The summed E-state index contributed by atoms with van der Waals surface area (Å²) in [6, 6.07) is 6.25. The Morgan fingerprint density at radius 1 is 1.29 bits per heavy atom. The molecule has 1 aromatic carbocycles. The van der Waals surface area contributed by atoms with Gasteiger partial charge in [-0.25, -0.2) is 0 Å². The van der Waals surface area contributed by atoms with Gasteiger partial charge in [0.25, 0.3) is 0 Å². The van der Waals surface area contributed by atoms with Crippen LogP contribution in [-0.4, -0.2) is 16.9 Å². The van der Waals surface area contributed by atoms with Crippen molar-refractivity contribution >= 4 is 28.5 Å². The number of carbonyl (C=O) groups excluding carboxylic acids is 1. The highest BCUT2D eigenvalue weighted by Crippen LogP contribution is 2.11. The van der Waals surface area contributed by atoms with E-state index in [1.165, 1.54) is 17.5 Å². The van der Waals surface area contributed by atoms with E-state index in [0.29, 0.717) is 6.42 Å². The zero-order valence-corrected chi connectivity index (χ0v) is 12.7. The third kappa shape index (κ3) is 5.52. The second-order valence-electron chi connectivity index (χ2n) is 4.35. The van der Waals surface area contributed by atoms with Crippen molar-refractivity contribution in [2.45, 2.75) is 33.1 Å². The van der Waals surface area contributed by atoms with Crippen LogP contribution in [0.4, 0.5) is 0 Å². The van der Waals surface area contributed by atoms with E-state index in [0.717, 1.165) is 23.0 Å². The second-order valence-corrected chi connectivity index (χ2v) is 5.43. The molecule has 3 heteroatoms. The van der Waals surface area contributed by atoms with Crippen molar-refractivity contribution in [1.82, 2.24) is 5.32 Å². The summed E-state index contributed by atoms with van der Waals surface area (Å²) in [6.07, 6.45) is 2.74. The van der Waals surface area contributed by atoms with Crippen molar-refractivity contribution in [1.29, 1.82) is 0 Å². The highest BCUT2D eigenvalue weighted by atomic mass is 127. The maximum absolute atomic E-state index is 11.7. The molecule has 1 amide bonds. The molecule has 0 aliphatic heterocycles. The molecule has 0 bridgehead atoms. The minimum atomic E-state index is 0.132. The van der Waals surface area contributed by atoms with Crippen LogP contribution >= 0.6 is 22.6 Å². The summed E-state index contributed by atoms with van der Waals surface area (Å²) in [5, 5.41) is 2.97. The molecule has 0 spiro atoms. The predicted octanol–water partition coefficient (Wildman–Crippen LogP) is 3.18. The van der Waals surface area contributed by atoms with Gasteiger partial charge in [0.05, 0.1) is 6.42 Å². The smallest absolute Gasteiger partial charge is 0.224 e. The first kappa shape index (κ1) is 14.5. The number of hydrogen-bond donors (Lipinski definition) is 1. The standard InChI is InChI=1S/C14H20INO/c1-11-5-6-12(2)13(9-11)10-14(17)16-8-4-3-7-15/h5-6,9H,3-4,7-8,10H2,1-2H3,(H,16,17). The Balaban J connectivity index is 2.42. The molecule has 0 heterocycles.